The molecule has 0 aliphatic carbocycles. The van der Waals surface area contributed by atoms with E-state index in [0.29, 0.717) is 11.5 Å². The zero-order valence-electron chi connectivity index (χ0n) is 11.3. The Morgan fingerprint density at radius 1 is 1.50 bits per heavy atom. The van der Waals surface area contributed by atoms with E-state index in [-0.39, 0.29) is 0 Å². The molecule has 20 heavy (non-hydrogen) atoms. The summed E-state index contributed by atoms with van der Waals surface area (Å²) in [5.74, 6) is 0.700. The number of aromatic nitrogens is 2. The Bertz CT molecular complexity index is 649. The molecular weight excluding hydrogens is 250 g/mol. The average molecular weight is 269 g/mol. The number of allylic oxidation sites excluding steroid dienone is 1. The van der Waals surface area contributed by atoms with E-state index in [4.69, 9.17) is 11.1 Å². The molecule has 0 saturated carbocycles. The minimum absolute atomic E-state index is 0.639. The van der Waals surface area contributed by atoms with Crippen LogP contribution in [0.2, 0.25) is 0 Å². The number of nitrogens with zero attached hydrogens (tertiary/aromatic N) is 2. The maximum absolute atomic E-state index is 7.33. The summed E-state index contributed by atoms with van der Waals surface area (Å²) in [6, 6.07) is 6.02. The summed E-state index contributed by atoms with van der Waals surface area (Å²) in [5, 5.41) is 10.7. The number of nitrogens with one attached hydrogen (secondary N) is 2. The fourth-order valence-corrected chi connectivity index (χ4v) is 2.75. The van der Waals surface area contributed by atoms with Gasteiger partial charge in [-0.15, -0.1) is 0 Å². The lowest BCUT2D eigenvalue weighted by Gasteiger charge is -2.11. The summed E-state index contributed by atoms with van der Waals surface area (Å²) < 4.78 is 2.26. The van der Waals surface area contributed by atoms with Gasteiger partial charge in [-0.3, -0.25) is 0 Å². The van der Waals surface area contributed by atoms with Gasteiger partial charge in [0, 0.05) is 30.7 Å². The van der Waals surface area contributed by atoms with E-state index < -0.39 is 0 Å². The van der Waals surface area contributed by atoms with Gasteiger partial charge in [0.15, 0.2) is 0 Å². The minimum Gasteiger partial charge on any atom is -0.404 e. The lowest BCUT2D eigenvalue weighted by molar-refractivity contribution is 0.491. The molecule has 1 aliphatic heterocycles. The first-order chi connectivity index (χ1) is 9.81. The van der Waals surface area contributed by atoms with Crippen molar-refractivity contribution in [2.45, 2.75) is 13.0 Å². The van der Waals surface area contributed by atoms with Gasteiger partial charge in [-0.05, 0) is 43.6 Å². The highest BCUT2D eigenvalue weighted by Gasteiger charge is 2.16. The second kappa shape index (κ2) is 5.46. The van der Waals surface area contributed by atoms with E-state index in [2.05, 4.69) is 27.1 Å². The topological polar surface area (TPSA) is 79.7 Å². The molecule has 104 valence electrons. The number of fused-ring (bicyclic) bond motifs is 1. The molecule has 0 radical (unpaired) electrons. The van der Waals surface area contributed by atoms with Gasteiger partial charge >= 0.3 is 0 Å². The maximum Gasteiger partial charge on any atom is 0.0888 e. The Hall–Kier alpha value is -2.14. The van der Waals surface area contributed by atoms with Crippen LogP contribution in [0.1, 0.15) is 12.1 Å². The van der Waals surface area contributed by atoms with Crippen molar-refractivity contribution in [3.8, 4) is 0 Å². The van der Waals surface area contributed by atoms with Gasteiger partial charge in [0.2, 0.25) is 0 Å². The maximum atomic E-state index is 7.33. The molecule has 2 aromatic rings. The van der Waals surface area contributed by atoms with E-state index in [1.807, 2.05) is 12.1 Å². The van der Waals surface area contributed by atoms with Crippen molar-refractivity contribution in [2.24, 2.45) is 11.7 Å². The molecule has 1 saturated heterocycles. The van der Waals surface area contributed by atoms with Gasteiger partial charge in [0.1, 0.15) is 0 Å². The summed E-state index contributed by atoms with van der Waals surface area (Å²) in [7, 11) is 0. The number of hydrogen-bond acceptors (Lipinski definition) is 4. The van der Waals surface area contributed by atoms with Gasteiger partial charge in [-0.25, -0.2) is 4.98 Å². The van der Waals surface area contributed by atoms with Crippen molar-refractivity contribution in [1.82, 2.24) is 14.9 Å². The van der Waals surface area contributed by atoms with Gasteiger partial charge < -0.3 is 21.0 Å². The summed E-state index contributed by atoms with van der Waals surface area (Å²) in [6.07, 6.45) is 5.98. The highest BCUT2D eigenvalue weighted by molar-refractivity contribution is 6.07. The molecule has 1 fully saturated rings. The zero-order chi connectivity index (χ0) is 13.9. The molecule has 0 spiro atoms. The molecule has 0 bridgehead atoms. The fraction of sp³-hybridized carbons (Fsp3) is 0.333. The van der Waals surface area contributed by atoms with Crippen LogP contribution in [-0.2, 0) is 6.54 Å². The second-order valence-corrected chi connectivity index (χ2v) is 5.19. The zero-order valence-corrected chi connectivity index (χ0v) is 11.3. The third-order valence-electron chi connectivity index (χ3n) is 3.87. The number of pyridine rings is 1. The molecule has 4 N–H and O–H groups in total. The van der Waals surface area contributed by atoms with E-state index in [0.717, 1.165) is 36.4 Å². The van der Waals surface area contributed by atoms with Crippen molar-refractivity contribution in [2.75, 3.05) is 13.1 Å². The largest absolute Gasteiger partial charge is 0.404 e. The van der Waals surface area contributed by atoms with Crippen LogP contribution in [0.4, 0.5) is 0 Å². The summed E-state index contributed by atoms with van der Waals surface area (Å²) in [5.41, 5.74) is 8.99. The van der Waals surface area contributed by atoms with Gasteiger partial charge in [0.05, 0.1) is 16.7 Å². The van der Waals surface area contributed by atoms with Crippen LogP contribution in [0.15, 0.2) is 30.6 Å². The van der Waals surface area contributed by atoms with Crippen LogP contribution in [-0.4, -0.2) is 28.9 Å². The summed E-state index contributed by atoms with van der Waals surface area (Å²) in [4.78, 5) is 4.58. The molecule has 0 aromatic carbocycles. The van der Waals surface area contributed by atoms with E-state index in [1.165, 1.54) is 18.8 Å². The highest BCUT2D eigenvalue weighted by atomic mass is 15.0. The summed E-state index contributed by atoms with van der Waals surface area (Å²) in [6.45, 7) is 3.25. The lowest BCUT2D eigenvalue weighted by Crippen LogP contribution is -2.13. The third kappa shape index (κ3) is 2.32. The molecule has 5 nitrogen and oxygen atoms in total. The Morgan fingerprint density at radius 2 is 2.40 bits per heavy atom. The average Bonchev–Trinajstić information content (AvgIpc) is 3.11. The van der Waals surface area contributed by atoms with Crippen LogP contribution in [0, 0.1) is 11.3 Å². The molecule has 3 rings (SSSR count). The predicted molar refractivity (Wildman–Crippen MR) is 81.7 cm³/mol. The number of rotatable bonds is 4. The van der Waals surface area contributed by atoms with Crippen molar-refractivity contribution in [3.05, 3.63) is 36.3 Å². The van der Waals surface area contributed by atoms with Crippen LogP contribution < -0.4 is 11.1 Å². The standard InChI is InChI=1S/C15H19N5/c16-7-12(8-17)13-1-2-15-14(19-13)4-6-20(15)10-11-3-5-18-9-11/h1-2,4,6-8,11,16,18H,3,5,9-10,17H2/b12-8+,16-7?. The van der Waals surface area contributed by atoms with Crippen LogP contribution >= 0.6 is 0 Å². The Morgan fingerprint density at radius 3 is 3.10 bits per heavy atom. The van der Waals surface area contributed by atoms with Crippen LogP contribution in [0.5, 0.6) is 0 Å². The monoisotopic (exact) mass is 269 g/mol. The van der Waals surface area contributed by atoms with Crippen molar-refractivity contribution < 1.29 is 0 Å². The number of nitrogens with two attached hydrogens (primary N) is 1. The quantitative estimate of drug-likeness (QED) is 0.737. The second-order valence-electron chi connectivity index (χ2n) is 5.19. The summed E-state index contributed by atoms with van der Waals surface area (Å²) >= 11 is 0. The lowest BCUT2D eigenvalue weighted by atomic mass is 10.1. The first-order valence-corrected chi connectivity index (χ1v) is 6.91. The van der Waals surface area contributed by atoms with E-state index in [1.54, 1.807) is 0 Å². The van der Waals surface area contributed by atoms with E-state index >= 15 is 0 Å². The molecule has 2 aromatic heterocycles. The molecule has 1 unspecified atom stereocenters. The number of hydrogen-bond donors (Lipinski definition) is 3. The predicted octanol–water partition coefficient (Wildman–Crippen LogP) is 1.59. The first-order valence-electron chi connectivity index (χ1n) is 6.91. The highest BCUT2D eigenvalue weighted by Crippen LogP contribution is 2.20. The molecule has 1 atom stereocenters. The molecule has 1 aliphatic rings. The Labute approximate surface area is 118 Å². The van der Waals surface area contributed by atoms with Gasteiger partial charge in [-0.1, -0.05) is 0 Å². The Kier molecular flexibility index (Phi) is 3.52. The third-order valence-corrected chi connectivity index (χ3v) is 3.87. The molecule has 3 heterocycles. The van der Waals surface area contributed by atoms with Crippen LogP contribution in [0.3, 0.4) is 0 Å². The van der Waals surface area contributed by atoms with Crippen molar-refractivity contribution >= 4 is 22.8 Å². The normalized spacial score (nSPS) is 19.6. The van der Waals surface area contributed by atoms with E-state index in [9.17, 15) is 0 Å². The van der Waals surface area contributed by atoms with Gasteiger partial charge in [-0.2, -0.15) is 0 Å². The molecule has 5 heteroatoms. The fourth-order valence-electron chi connectivity index (χ4n) is 2.75. The molecule has 0 amide bonds. The van der Waals surface area contributed by atoms with Crippen LogP contribution in [0.25, 0.3) is 16.6 Å². The van der Waals surface area contributed by atoms with Gasteiger partial charge in [0.25, 0.3) is 0 Å². The van der Waals surface area contributed by atoms with Crippen molar-refractivity contribution in [1.29, 1.82) is 5.41 Å². The van der Waals surface area contributed by atoms with Crippen molar-refractivity contribution in [3.63, 3.8) is 0 Å². The Balaban J connectivity index is 1.91. The first kappa shape index (κ1) is 12.9. The SMILES string of the molecule is N=C/C(=C\N)c1ccc2c(ccn2CC2CCNC2)n1. The smallest absolute Gasteiger partial charge is 0.0888 e. The molecular formula is C15H19N5. The minimum atomic E-state index is 0.639.